The Labute approximate surface area is 174 Å². The summed E-state index contributed by atoms with van der Waals surface area (Å²) >= 11 is 0. The van der Waals surface area contributed by atoms with Gasteiger partial charge < -0.3 is 14.1 Å². The highest BCUT2D eigenvalue weighted by molar-refractivity contribution is 5.71. The molecule has 2 saturated carbocycles. The molecule has 0 N–H and O–H groups in total. The summed E-state index contributed by atoms with van der Waals surface area (Å²) in [5.41, 5.74) is 1.64. The van der Waals surface area contributed by atoms with E-state index in [-0.39, 0.29) is 18.3 Å². The van der Waals surface area contributed by atoms with E-state index in [1.807, 2.05) is 20.8 Å². The lowest BCUT2D eigenvalue weighted by atomic mass is 9.69. The Hall–Kier alpha value is -1.65. The molecule has 0 aromatic carbocycles. The van der Waals surface area contributed by atoms with Crippen LogP contribution in [0.5, 0.6) is 0 Å². The van der Waals surface area contributed by atoms with Gasteiger partial charge in [0, 0.05) is 23.8 Å². The molecule has 0 saturated heterocycles. The smallest absolute Gasteiger partial charge is 0.306 e. The minimum atomic E-state index is -0.516. The standard InChI is InChI=1S/C24H37NO4/c1-15(2)11-16-12-19(13-16)23-21(17-8-9-17)22(25-29-23)18(7-6-10-26)14-20(27)28-24(3,4)5/h10,15-19H,6-9,11-14H2,1-5H3/t16-,18-,19+/m0/s1. The lowest BCUT2D eigenvalue weighted by Gasteiger charge is -2.35. The molecule has 2 fully saturated rings. The van der Waals surface area contributed by atoms with Crippen LogP contribution in [0, 0.1) is 11.8 Å². The van der Waals surface area contributed by atoms with Crippen LogP contribution in [0.2, 0.25) is 0 Å². The first kappa shape index (κ1) is 22.0. The van der Waals surface area contributed by atoms with Crippen molar-refractivity contribution >= 4 is 12.3 Å². The zero-order valence-electron chi connectivity index (χ0n) is 18.7. The van der Waals surface area contributed by atoms with Gasteiger partial charge in [0.2, 0.25) is 0 Å². The number of aromatic nitrogens is 1. The van der Waals surface area contributed by atoms with Crippen LogP contribution in [-0.2, 0) is 14.3 Å². The molecule has 2 aliphatic carbocycles. The summed E-state index contributed by atoms with van der Waals surface area (Å²) in [6.45, 7) is 10.2. The predicted molar refractivity (Wildman–Crippen MR) is 112 cm³/mol. The molecule has 3 rings (SSSR count). The number of aldehydes is 1. The van der Waals surface area contributed by atoms with Gasteiger partial charge in [-0.15, -0.1) is 0 Å². The Bertz CT molecular complexity index is 705. The number of hydrogen-bond donors (Lipinski definition) is 0. The SMILES string of the molecule is CC(C)C[C@H]1C[C@@H](c2onc([C@@H](CCC=O)CC(=O)OC(C)(C)C)c2C2CC2)C1. The predicted octanol–water partition coefficient (Wildman–Crippen LogP) is 5.89. The van der Waals surface area contributed by atoms with Gasteiger partial charge in [-0.05, 0) is 77.0 Å². The van der Waals surface area contributed by atoms with Crippen LogP contribution in [-0.4, -0.2) is 23.0 Å². The highest BCUT2D eigenvalue weighted by atomic mass is 16.6. The number of rotatable bonds is 10. The van der Waals surface area contributed by atoms with Crippen molar-refractivity contribution in [3.8, 4) is 0 Å². The Balaban J connectivity index is 1.76. The molecule has 0 radical (unpaired) electrons. The third kappa shape index (κ3) is 5.93. The number of carbonyl (C=O) groups is 2. The summed E-state index contributed by atoms with van der Waals surface area (Å²) in [7, 11) is 0. The Morgan fingerprint density at radius 2 is 1.93 bits per heavy atom. The molecule has 1 aromatic heterocycles. The molecular weight excluding hydrogens is 366 g/mol. The van der Waals surface area contributed by atoms with E-state index >= 15 is 0 Å². The largest absolute Gasteiger partial charge is 0.460 e. The fourth-order valence-corrected chi connectivity index (χ4v) is 4.69. The van der Waals surface area contributed by atoms with Crippen LogP contribution in [0.15, 0.2) is 4.52 Å². The van der Waals surface area contributed by atoms with Crippen molar-refractivity contribution in [1.29, 1.82) is 0 Å². The zero-order chi connectivity index (χ0) is 21.2. The number of ether oxygens (including phenoxy) is 1. The monoisotopic (exact) mass is 403 g/mol. The maximum absolute atomic E-state index is 12.5. The maximum atomic E-state index is 12.5. The van der Waals surface area contributed by atoms with Crippen molar-refractivity contribution in [3.63, 3.8) is 0 Å². The third-order valence-corrected chi connectivity index (χ3v) is 6.03. The van der Waals surface area contributed by atoms with Gasteiger partial charge in [0.1, 0.15) is 17.6 Å². The molecule has 0 amide bonds. The molecule has 0 bridgehead atoms. The van der Waals surface area contributed by atoms with E-state index in [2.05, 4.69) is 19.0 Å². The van der Waals surface area contributed by atoms with E-state index in [1.165, 1.54) is 24.8 Å². The van der Waals surface area contributed by atoms with E-state index < -0.39 is 5.60 Å². The molecule has 162 valence electrons. The molecule has 1 aromatic rings. The molecule has 5 heteroatoms. The molecule has 5 nitrogen and oxygen atoms in total. The fraction of sp³-hybridized carbons (Fsp3) is 0.792. The van der Waals surface area contributed by atoms with Crippen molar-refractivity contribution in [1.82, 2.24) is 5.16 Å². The van der Waals surface area contributed by atoms with Gasteiger partial charge in [-0.1, -0.05) is 19.0 Å². The second-order valence-electron chi connectivity index (χ2n) is 10.5. The van der Waals surface area contributed by atoms with Gasteiger partial charge in [-0.2, -0.15) is 0 Å². The van der Waals surface area contributed by atoms with Crippen LogP contribution in [0.1, 0.15) is 121 Å². The number of nitrogens with zero attached hydrogens (tertiary/aromatic N) is 1. The summed E-state index contributed by atoms with van der Waals surface area (Å²) in [5.74, 6) is 3.19. The molecule has 2 aliphatic rings. The topological polar surface area (TPSA) is 69.4 Å². The normalized spacial score (nSPS) is 23.0. The van der Waals surface area contributed by atoms with Crippen molar-refractivity contribution in [2.45, 2.75) is 109 Å². The van der Waals surface area contributed by atoms with E-state index in [1.54, 1.807) is 0 Å². The van der Waals surface area contributed by atoms with Gasteiger partial charge in [0.05, 0.1) is 12.1 Å². The van der Waals surface area contributed by atoms with Crippen LogP contribution in [0.3, 0.4) is 0 Å². The molecule has 29 heavy (non-hydrogen) atoms. The van der Waals surface area contributed by atoms with Crippen molar-refractivity contribution in [3.05, 3.63) is 17.0 Å². The van der Waals surface area contributed by atoms with Crippen LogP contribution in [0.4, 0.5) is 0 Å². The van der Waals surface area contributed by atoms with Gasteiger partial charge in [-0.3, -0.25) is 4.79 Å². The summed E-state index contributed by atoms with van der Waals surface area (Å²) in [6.07, 6.45) is 8.15. The van der Waals surface area contributed by atoms with Gasteiger partial charge in [0.15, 0.2) is 0 Å². The van der Waals surface area contributed by atoms with E-state index in [4.69, 9.17) is 9.26 Å². The summed E-state index contributed by atoms with van der Waals surface area (Å²) < 4.78 is 11.4. The van der Waals surface area contributed by atoms with Gasteiger partial charge in [-0.25, -0.2) is 0 Å². The zero-order valence-corrected chi connectivity index (χ0v) is 18.7. The minimum absolute atomic E-state index is 0.116. The second-order valence-corrected chi connectivity index (χ2v) is 10.5. The molecule has 0 spiro atoms. The van der Waals surface area contributed by atoms with Gasteiger partial charge >= 0.3 is 5.97 Å². The average Bonchev–Trinajstić information content (AvgIpc) is 3.32. The minimum Gasteiger partial charge on any atom is -0.460 e. The van der Waals surface area contributed by atoms with Gasteiger partial charge in [0.25, 0.3) is 0 Å². The molecule has 0 unspecified atom stereocenters. The van der Waals surface area contributed by atoms with Crippen LogP contribution in [0.25, 0.3) is 0 Å². The highest BCUT2D eigenvalue weighted by Crippen LogP contribution is 2.52. The van der Waals surface area contributed by atoms with Crippen LogP contribution >= 0.6 is 0 Å². The Morgan fingerprint density at radius 3 is 2.48 bits per heavy atom. The summed E-state index contributed by atoms with van der Waals surface area (Å²) in [5, 5.41) is 4.47. The van der Waals surface area contributed by atoms with E-state index in [0.29, 0.717) is 24.7 Å². The molecular formula is C24H37NO4. The number of carbonyl (C=O) groups excluding carboxylic acids is 2. The third-order valence-electron chi connectivity index (χ3n) is 6.03. The first-order valence-corrected chi connectivity index (χ1v) is 11.3. The quantitative estimate of drug-likeness (QED) is 0.360. The van der Waals surface area contributed by atoms with E-state index in [9.17, 15) is 9.59 Å². The van der Waals surface area contributed by atoms with Crippen LogP contribution < -0.4 is 0 Å². The molecule has 1 heterocycles. The van der Waals surface area contributed by atoms with E-state index in [0.717, 1.165) is 42.4 Å². The Kier molecular flexibility index (Phi) is 6.85. The fourth-order valence-electron chi connectivity index (χ4n) is 4.69. The summed E-state index contributed by atoms with van der Waals surface area (Å²) in [4.78, 5) is 23.5. The first-order valence-electron chi connectivity index (χ1n) is 11.3. The first-order chi connectivity index (χ1) is 13.7. The average molecular weight is 404 g/mol. The second kappa shape index (κ2) is 9.01. The lowest BCUT2D eigenvalue weighted by Crippen LogP contribution is -2.25. The number of esters is 1. The van der Waals surface area contributed by atoms with Crippen molar-refractivity contribution in [2.75, 3.05) is 0 Å². The number of hydrogen-bond acceptors (Lipinski definition) is 5. The van der Waals surface area contributed by atoms with Crippen molar-refractivity contribution < 1.29 is 18.8 Å². The lowest BCUT2D eigenvalue weighted by molar-refractivity contribution is -0.155. The van der Waals surface area contributed by atoms with Crippen molar-refractivity contribution in [2.24, 2.45) is 11.8 Å². The molecule has 0 aliphatic heterocycles. The highest BCUT2D eigenvalue weighted by Gasteiger charge is 2.41. The maximum Gasteiger partial charge on any atom is 0.306 e. The molecule has 1 atom stereocenters. The summed E-state index contributed by atoms with van der Waals surface area (Å²) in [6, 6.07) is 0. The Morgan fingerprint density at radius 1 is 1.24 bits per heavy atom.